The van der Waals surface area contributed by atoms with Crippen molar-refractivity contribution in [3.63, 3.8) is 0 Å². The maximum Gasteiger partial charge on any atom is 0.0674 e. The summed E-state index contributed by atoms with van der Waals surface area (Å²) in [6.07, 6.45) is 3.14. The van der Waals surface area contributed by atoms with Crippen LogP contribution in [0.4, 0.5) is 5.69 Å². The van der Waals surface area contributed by atoms with Gasteiger partial charge in [-0.1, -0.05) is 20.8 Å². The summed E-state index contributed by atoms with van der Waals surface area (Å²) in [5.74, 6) is 0. The van der Waals surface area contributed by atoms with Gasteiger partial charge >= 0.3 is 0 Å². The minimum Gasteiger partial charge on any atom is -0.397 e. The Labute approximate surface area is 91.2 Å². The third-order valence-electron chi connectivity index (χ3n) is 2.94. The predicted molar refractivity (Wildman–Crippen MR) is 62.0 cm³/mol. The normalized spacial score (nSPS) is 22.2. The molecule has 2 rings (SSSR count). The van der Waals surface area contributed by atoms with Gasteiger partial charge in [-0.2, -0.15) is 0 Å². The van der Waals surface area contributed by atoms with Crippen molar-refractivity contribution in [1.82, 2.24) is 4.57 Å². The van der Waals surface area contributed by atoms with Crippen LogP contribution >= 0.6 is 0 Å². The average molecular weight is 208 g/mol. The summed E-state index contributed by atoms with van der Waals surface area (Å²) in [6.45, 7) is 8.33. The molecule has 0 aliphatic carbocycles. The van der Waals surface area contributed by atoms with E-state index in [0.29, 0.717) is 6.04 Å². The van der Waals surface area contributed by atoms with Crippen molar-refractivity contribution in [2.45, 2.75) is 38.6 Å². The summed E-state index contributed by atoms with van der Waals surface area (Å²) in [7, 11) is 0. The lowest BCUT2D eigenvalue weighted by Gasteiger charge is -2.24. The van der Waals surface area contributed by atoms with Crippen LogP contribution in [0.3, 0.4) is 0 Å². The molecule has 0 saturated carbocycles. The van der Waals surface area contributed by atoms with Crippen LogP contribution in [0, 0.1) is 0 Å². The summed E-state index contributed by atoms with van der Waals surface area (Å²) in [6, 6.07) is 2.55. The van der Waals surface area contributed by atoms with E-state index in [1.807, 2.05) is 6.20 Å². The van der Waals surface area contributed by atoms with Crippen molar-refractivity contribution in [2.75, 3.05) is 18.9 Å². The van der Waals surface area contributed by atoms with Crippen LogP contribution in [-0.4, -0.2) is 17.8 Å². The maximum absolute atomic E-state index is 5.88. The first kappa shape index (κ1) is 10.6. The highest BCUT2D eigenvalue weighted by molar-refractivity contribution is 5.41. The second-order valence-electron chi connectivity index (χ2n) is 5.33. The molecule has 0 aromatic carbocycles. The molecule has 2 N–H and O–H groups in total. The second kappa shape index (κ2) is 3.56. The molecule has 1 atom stereocenters. The van der Waals surface area contributed by atoms with Gasteiger partial charge in [0.05, 0.1) is 12.6 Å². The minimum atomic E-state index is 0.139. The standard InChI is InChI=1S/C12H20N2O/c1-12(2,3)11-6-9(13)7-14(11)10-4-5-15-8-10/h6-7,10H,4-5,8,13H2,1-3H3/t10-/m1/s1. The zero-order valence-corrected chi connectivity index (χ0v) is 9.79. The minimum absolute atomic E-state index is 0.139. The molecule has 15 heavy (non-hydrogen) atoms. The number of aromatic nitrogens is 1. The van der Waals surface area contributed by atoms with Crippen molar-refractivity contribution in [2.24, 2.45) is 0 Å². The Hall–Kier alpha value is -0.960. The van der Waals surface area contributed by atoms with E-state index in [1.54, 1.807) is 0 Å². The van der Waals surface area contributed by atoms with Crippen LogP contribution in [0.25, 0.3) is 0 Å². The third-order valence-corrected chi connectivity index (χ3v) is 2.94. The van der Waals surface area contributed by atoms with Crippen LogP contribution in [-0.2, 0) is 10.2 Å². The van der Waals surface area contributed by atoms with Crippen molar-refractivity contribution in [1.29, 1.82) is 0 Å². The van der Waals surface area contributed by atoms with Crippen LogP contribution in [0.2, 0.25) is 0 Å². The molecular formula is C12H20N2O. The number of ether oxygens (including phenoxy) is 1. The van der Waals surface area contributed by atoms with E-state index < -0.39 is 0 Å². The van der Waals surface area contributed by atoms with E-state index in [9.17, 15) is 0 Å². The molecule has 0 spiro atoms. The molecule has 0 unspecified atom stereocenters. The van der Waals surface area contributed by atoms with Gasteiger partial charge in [0.2, 0.25) is 0 Å². The molecule has 1 fully saturated rings. The van der Waals surface area contributed by atoms with Crippen molar-refractivity contribution in [3.05, 3.63) is 18.0 Å². The number of nitrogens with zero attached hydrogens (tertiary/aromatic N) is 1. The maximum atomic E-state index is 5.88. The Morgan fingerprint density at radius 2 is 2.20 bits per heavy atom. The van der Waals surface area contributed by atoms with Gasteiger partial charge in [-0.25, -0.2) is 0 Å². The van der Waals surface area contributed by atoms with Gasteiger partial charge in [0.1, 0.15) is 0 Å². The quantitative estimate of drug-likeness (QED) is 0.769. The fraction of sp³-hybridized carbons (Fsp3) is 0.667. The van der Waals surface area contributed by atoms with Gasteiger partial charge in [0, 0.05) is 29.6 Å². The first-order valence-electron chi connectivity index (χ1n) is 5.54. The van der Waals surface area contributed by atoms with Crippen LogP contribution < -0.4 is 5.73 Å². The Morgan fingerprint density at radius 3 is 2.73 bits per heavy atom. The lowest BCUT2D eigenvalue weighted by Crippen LogP contribution is -2.20. The van der Waals surface area contributed by atoms with Gasteiger partial charge < -0.3 is 15.0 Å². The zero-order chi connectivity index (χ0) is 11.1. The molecule has 0 radical (unpaired) electrons. The fourth-order valence-electron chi connectivity index (χ4n) is 2.15. The fourth-order valence-corrected chi connectivity index (χ4v) is 2.15. The molecule has 1 aromatic heterocycles. The first-order valence-corrected chi connectivity index (χ1v) is 5.54. The van der Waals surface area contributed by atoms with Gasteiger partial charge in [0.15, 0.2) is 0 Å². The highest BCUT2D eigenvalue weighted by Gasteiger charge is 2.25. The highest BCUT2D eigenvalue weighted by Crippen LogP contribution is 2.31. The van der Waals surface area contributed by atoms with E-state index in [0.717, 1.165) is 25.3 Å². The highest BCUT2D eigenvalue weighted by atomic mass is 16.5. The number of hydrogen-bond acceptors (Lipinski definition) is 2. The first-order chi connectivity index (χ1) is 6.98. The average Bonchev–Trinajstić information content (AvgIpc) is 2.68. The van der Waals surface area contributed by atoms with E-state index in [2.05, 4.69) is 31.4 Å². The largest absolute Gasteiger partial charge is 0.397 e. The zero-order valence-electron chi connectivity index (χ0n) is 9.79. The SMILES string of the molecule is CC(C)(C)c1cc(N)cn1[C@@H]1CCOC1. The molecule has 0 bridgehead atoms. The van der Waals surface area contributed by atoms with Crippen LogP contribution in [0.5, 0.6) is 0 Å². The summed E-state index contributed by atoms with van der Waals surface area (Å²) < 4.78 is 7.72. The van der Waals surface area contributed by atoms with E-state index in [-0.39, 0.29) is 5.41 Å². The summed E-state index contributed by atoms with van der Waals surface area (Å²) >= 11 is 0. The lowest BCUT2D eigenvalue weighted by atomic mass is 9.91. The van der Waals surface area contributed by atoms with Crippen molar-refractivity contribution in [3.8, 4) is 0 Å². The molecule has 3 heteroatoms. The molecule has 3 nitrogen and oxygen atoms in total. The smallest absolute Gasteiger partial charge is 0.0674 e. The number of rotatable bonds is 1. The van der Waals surface area contributed by atoms with Gasteiger partial charge in [-0.3, -0.25) is 0 Å². The monoisotopic (exact) mass is 208 g/mol. The topological polar surface area (TPSA) is 40.2 Å². The van der Waals surface area contributed by atoms with Gasteiger partial charge in [-0.15, -0.1) is 0 Å². The van der Waals surface area contributed by atoms with E-state index in [1.165, 1.54) is 5.69 Å². The van der Waals surface area contributed by atoms with E-state index >= 15 is 0 Å². The molecule has 2 heterocycles. The van der Waals surface area contributed by atoms with Crippen LogP contribution in [0.1, 0.15) is 38.9 Å². The summed E-state index contributed by atoms with van der Waals surface area (Å²) in [4.78, 5) is 0. The summed E-state index contributed by atoms with van der Waals surface area (Å²) in [5, 5.41) is 0. The third kappa shape index (κ3) is 2.02. The molecular weight excluding hydrogens is 188 g/mol. The molecule has 1 aliphatic rings. The Morgan fingerprint density at radius 1 is 1.47 bits per heavy atom. The van der Waals surface area contributed by atoms with Gasteiger partial charge in [0.25, 0.3) is 0 Å². The molecule has 84 valence electrons. The Kier molecular flexibility index (Phi) is 2.51. The lowest BCUT2D eigenvalue weighted by molar-refractivity contribution is 0.185. The number of anilines is 1. The molecule has 1 saturated heterocycles. The summed E-state index contributed by atoms with van der Waals surface area (Å²) in [5.41, 5.74) is 8.18. The predicted octanol–water partition coefficient (Wildman–Crippen LogP) is 2.33. The molecule has 0 amide bonds. The van der Waals surface area contributed by atoms with Crippen molar-refractivity contribution < 1.29 is 4.74 Å². The number of nitrogen functional groups attached to an aromatic ring is 1. The van der Waals surface area contributed by atoms with Gasteiger partial charge in [-0.05, 0) is 12.5 Å². The van der Waals surface area contributed by atoms with Crippen molar-refractivity contribution >= 4 is 5.69 Å². The second-order valence-corrected chi connectivity index (χ2v) is 5.33. The number of hydrogen-bond donors (Lipinski definition) is 1. The molecule has 1 aromatic rings. The van der Waals surface area contributed by atoms with E-state index in [4.69, 9.17) is 10.5 Å². The van der Waals surface area contributed by atoms with Crippen LogP contribution in [0.15, 0.2) is 12.3 Å². The Bertz CT molecular complexity index is 343. The Balaban J connectivity index is 2.37. The number of nitrogens with two attached hydrogens (primary N) is 1. The molecule has 1 aliphatic heterocycles.